The highest BCUT2D eigenvalue weighted by Crippen LogP contribution is 2.23. The summed E-state index contributed by atoms with van der Waals surface area (Å²) in [5.74, 6) is 0.0134. The Hall–Kier alpha value is -2.50. The summed E-state index contributed by atoms with van der Waals surface area (Å²) in [7, 11) is 1.37. The van der Waals surface area contributed by atoms with Gasteiger partial charge in [-0.3, -0.25) is 4.79 Å². The molecule has 0 atom stereocenters. The highest BCUT2D eigenvalue weighted by molar-refractivity contribution is 6.08. The number of H-pyrrole nitrogens is 1. The molecule has 0 radical (unpaired) electrons. The molecule has 1 aromatic heterocycles. The number of carbonyl (C=O) groups excluding carboxylic acids is 2. The molecule has 116 valence electrons. The van der Waals surface area contributed by atoms with E-state index in [9.17, 15) is 9.59 Å². The Kier molecular flexibility index (Phi) is 3.75. The van der Waals surface area contributed by atoms with Gasteiger partial charge >= 0.3 is 6.09 Å². The smallest absolute Gasteiger partial charge is 0.409 e. The van der Waals surface area contributed by atoms with Crippen LogP contribution in [0.1, 0.15) is 16.1 Å². The van der Waals surface area contributed by atoms with Gasteiger partial charge in [0.2, 0.25) is 0 Å². The summed E-state index contributed by atoms with van der Waals surface area (Å²) in [6.45, 7) is 3.96. The van der Waals surface area contributed by atoms with Gasteiger partial charge in [0, 0.05) is 42.8 Å². The number of aromatic nitrogens is 1. The van der Waals surface area contributed by atoms with E-state index in [0.717, 1.165) is 22.2 Å². The lowest BCUT2D eigenvalue weighted by Gasteiger charge is -2.33. The fourth-order valence-corrected chi connectivity index (χ4v) is 2.93. The number of piperazine rings is 1. The first-order valence-electron chi connectivity index (χ1n) is 7.31. The third-order valence-electron chi connectivity index (χ3n) is 4.11. The Labute approximate surface area is 128 Å². The van der Waals surface area contributed by atoms with Crippen molar-refractivity contribution in [2.75, 3.05) is 33.3 Å². The number of nitrogens with one attached hydrogen (secondary N) is 1. The SMILES string of the molecule is COC(=O)N1CCN(C(=O)c2c(C)[nH]c3ccccc23)CC1. The summed E-state index contributed by atoms with van der Waals surface area (Å²) < 4.78 is 4.71. The van der Waals surface area contributed by atoms with Gasteiger partial charge in [0.1, 0.15) is 0 Å². The van der Waals surface area contributed by atoms with Crippen LogP contribution in [0.15, 0.2) is 24.3 Å². The Morgan fingerprint density at radius 3 is 2.41 bits per heavy atom. The molecule has 2 heterocycles. The van der Waals surface area contributed by atoms with Crippen LogP contribution in [0.3, 0.4) is 0 Å². The monoisotopic (exact) mass is 301 g/mol. The number of methoxy groups -OCH3 is 1. The number of ether oxygens (including phenoxy) is 1. The van der Waals surface area contributed by atoms with Crippen molar-refractivity contribution in [1.29, 1.82) is 0 Å². The van der Waals surface area contributed by atoms with Crippen molar-refractivity contribution in [2.24, 2.45) is 0 Å². The number of hydrogen-bond donors (Lipinski definition) is 1. The molecule has 2 amide bonds. The summed E-state index contributed by atoms with van der Waals surface area (Å²) >= 11 is 0. The van der Waals surface area contributed by atoms with Gasteiger partial charge in [0.15, 0.2) is 0 Å². The summed E-state index contributed by atoms with van der Waals surface area (Å²) in [5.41, 5.74) is 2.57. The van der Waals surface area contributed by atoms with Crippen LogP contribution in [0.2, 0.25) is 0 Å². The predicted octanol–water partition coefficient (Wildman–Crippen LogP) is 2.00. The van der Waals surface area contributed by atoms with E-state index in [2.05, 4.69) is 4.98 Å². The van der Waals surface area contributed by atoms with Crippen molar-refractivity contribution < 1.29 is 14.3 Å². The van der Waals surface area contributed by atoms with Crippen molar-refractivity contribution in [3.8, 4) is 0 Å². The van der Waals surface area contributed by atoms with Crippen LogP contribution in [0.5, 0.6) is 0 Å². The van der Waals surface area contributed by atoms with Gasteiger partial charge in [-0.05, 0) is 13.0 Å². The molecule has 22 heavy (non-hydrogen) atoms. The van der Waals surface area contributed by atoms with E-state index in [4.69, 9.17) is 4.74 Å². The number of nitrogens with zero attached hydrogens (tertiary/aromatic N) is 2. The third kappa shape index (κ3) is 2.41. The normalized spacial score (nSPS) is 15.2. The Balaban J connectivity index is 1.80. The molecule has 0 unspecified atom stereocenters. The molecule has 0 saturated carbocycles. The molecule has 1 fully saturated rings. The van der Waals surface area contributed by atoms with Crippen LogP contribution in [0.4, 0.5) is 4.79 Å². The third-order valence-corrected chi connectivity index (χ3v) is 4.11. The topological polar surface area (TPSA) is 65.6 Å². The second-order valence-corrected chi connectivity index (χ2v) is 5.42. The summed E-state index contributed by atoms with van der Waals surface area (Å²) in [5, 5.41) is 0.945. The minimum absolute atomic E-state index is 0.0134. The standard InChI is InChI=1S/C16H19N3O3/c1-11-14(12-5-3-4-6-13(12)17-11)15(20)18-7-9-19(10-8-18)16(21)22-2/h3-6,17H,7-10H2,1-2H3. The van der Waals surface area contributed by atoms with Gasteiger partial charge in [0.05, 0.1) is 12.7 Å². The minimum Gasteiger partial charge on any atom is -0.453 e. The average Bonchev–Trinajstić information content (AvgIpc) is 2.89. The van der Waals surface area contributed by atoms with Crippen molar-refractivity contribution in [3.63, 3.8) is 0 Å². The second kappa shape index (κ2) is 5.71. The van der Waals surface area contributed by atoms with Crippen LogP contribution in [0.25, 0.3) is 10.9 Å². The number of amides is 2. The molecule has 2 aromatic rings. The molecule has 6 heteroatoms. The van der Waals surface area contributed by atoms with Gasteiger partial charge in [-0.1, -0.05) is 18.2 Å². The van der Waals surface area contributed by atoms with Crippen LogP contribution in [-0.4, -0.2) is 60.1 Å². The average molecular weight is 301 g/mol. The maximum atomic E-state index is 12.8. The zero-order chi connectivity index (χ0) is 15.7. The number of rotatable bonds is 1. The van der Waals surface area contributed by atoms with Gasteiger partial charge in [0.25, 0.3) is 5.91 Å². The number of aromatic amines is 1. The number of fused-ring (bicyclic) bond motifs is 1. The van der Waals surface area contributed by atoms with Crippen molar-refractivity contribution in [3.05, 3.63) is 35.5 Å². The molecule has 6 nitrogen and oxygen atoms in total. The molecule has 1 aliphatic heterocycles. The van der Waals surface area contributed by atoms with Crippen LogP contribution in [0, 0.1) is 6.92 Å². The Bertz CT molecular complexity index is 714. The first-order chi connectivity index (χ1) is 10.6. The summed E-state index contributed by atoms with van der Waals surface area (Å²) in [6.07, 6.45) is -0.338. The van der Waals surface area contributed by atoms with Crippen LogP contribution >= 0.6 is 0 Å². The van der Waals surface area contributed by atoms with E-state index in [1.807, 2.05) is 31.2 Å². The Morgan fingerprint density at radius 2 is 1.73 bits per heavy atom. The van der Waals surface area contributed by atoms with Crippen LogP contribution < -0.4 is 0 Å². The maximum absolute atomic E-state index is 12.8. The van der Waals surface area contributed by atoms with Gasteiger partial charge in [-0.2, -0.15) is 0 Å². The first kappa shape index (κ1) is 14.4. The molecule has 0 spiro atoms. The van der Waals surface area contributed by atoms with E-state index in [-0.39, 0.29) is 12.0 Å². The van der Waals surface area contributed by atoms with Crippen LogP contribution in [-0.2, 0) is 4.74 Å². The maximum Gasteiger partial charge on any atom is 0.409 e. The zero-order valence-corrected chi connectivity index (χ0v) is 12.8. The van der Waals surface area contributed by atoms with E-state index < -0.39 is 0 Å². The molecule has 1 N–H and O–H groups in total. The van der Waals surface area contributed by atoms with E-state index in [1.165, 1.54) is 7.11 Å². The lowest BCUT2D eigenvalue weighted by atomic mass is 10.1. The number of hydrogen-bond acceptors (Lipinski definition) is 3. The zero-order valence-electron chi connectivity index (χ0n) is 12.8. The van der Waals surface area contributed by atoms with Crippen molar-refractivity contribution in [2.45, 2.75) is 6.92 Å². The largest absolute Gasteiger partial charge is 0.453 e. The number of benzene rings is 1. The summed E-state index contributed by atoms with van der Waals surface area (Å²) in [6, 6.07) is 7.80. The minimum atomic E-state index is -0.338. The Morgan fingerprint density at radius 1 is 1.09 bits per heavy atom. The lowest BCUT2D eigenvalue weighted by molar-refractivity contribution is 0.0600. The van der Waals surface area contributed by atoms with E-state index in [0.29, 0.717) is 26.2 Å². The van der Waals surface area contributed by atoms with Crippen molar-refractivity contribution >= 4 is 22.9 Å². The quantitative estimate of drug-likeness (QED) is 0.876. The molecule has 1 aliphatic rings. The molecular formula is C16H19N3O3. The van der Waals surface area contributed by atoms with Gasteiger partial charge < -0.3 is 19.5 Å². The lowest BCUT2D eigenvalue weighted by Crippen LogP contribution is -2.50. The highest BCUT2D eigenvalue weighted by atomic mass is 16.5. The molecule has 0 aliphatic carbocycles. The molecule has 3 rings (SSSR count). The number of aryl methyl sites for hydroxylation is 1. The molecular weight excluding hydrogens is 282 g/mol. The molecule has 1 aromatic carbocycles. The highest BCUT2D eigenvalue weighted by Gasteiger charge is 2.27. The van der Waals surface area contributed by atoms with Gasteiger partial charge in [-0.15, -0.1) is 0 Å². The fourth-order valence-electron chi connectivity index (χ4n) is 2.93. The number of carbonyl (C=O) groups is 2. The van der Waals surface area contributed by atoms with Gasteiger partial charge in [-0.25, -0.2) is 4.79 Å². The molecule has 0 bridgehead atoms. The van der Waals surface area contributed by atoms with E-state index >= 15 is 0 Å². The fraction of sp³-hybridized carbons (Fsp3) is 0.375. The predicted molar refractivity (Wildman–Crippen MR) is 82.9 cm³/mol. The molecule has 1 saturated heterocycles. The number of para-hydroxylation sites is 1. The first-order valence-corrected chi connectivity index (χ1v) is 7.31. The van der Waals surface area contributed by atoms with Crippen molar-refractivity contribution in [1.82, 2.24) is 14.8 Å². The second-order valence-electron chi connectivity index (χ2n) is 5.42. The van der Waals surface area contributed by atoms with E-state index in [1.54, 1.807) is 9.80 Å². The summed E-state index contributed by atoms with van der Waals surface area (Å²) in [4.78, 5) is 31.0.